The van der Waals surface area contributed by atoms with Gasteiger partial charge in [-0.3, -0.25) is 4.79 Å². The molecule has 0 unspecified atom stereocenters. The van der Waals surface area contributed by atoms with Crippen molar-refractivity contribution in [3.63, 3.8) is 0 Å². The predicted molar refractivity (Wildman–Crippen MR) is 94.2 cm³/mol. The smallest absolute Gasteiger partial charge is 0.243 e. The number of aromatic nitrogens is 2. The molecule has 0 aliphatic heterocycles. The predicted octanol–water partition coefficient (Wildman–Crippen LogP) is 4.50. The summed E-state index contributed by atoms with van der Waals surface area (Å²) in [5, 5.41) is 7.15. The molecule has 0 aliphatic rings. The molecule has 0 fully saturated rings. The summed E-state index contributed by atoms with van der Waals surface area (Å²) in [5.41, 5.74) is 0.849. The second kappa shape index (κ2) is 7.51. The summed E-state index contributed by atoms with van der Waals surface area (Å²) < 4.78 is 4.98. The average Bonchev–Trinajstić information content (AvgIpc) is 2.99. The zero-order valence-corrected chi connectivity index (χ0v) is 14.3. The average molecular weight is 360 g/mol. The lowest BCUT2D eigenvalue weighted by Crippen LogP contribution is -2.19. The molecule has 7 heteroatoms. The summed E-state index contributed by atoms with van der Waals surface area (Å²) in [4.78, 5) is 17.0. The number of carbonyl (C=O) groups is 1. The third-order valence-electron chi connectivity index (χ3n) is 3.17. The van der Waals surface area contributed by atoms with E-state index in [0.717, 1.165) is 5.56 Å². The SMILES string of the molecule is Cc1cc(NC(=O)[C@@H](Sc2ncccc2Cl)c2ccccc2)no1. The number of nitrogens with zero attached hydrogens (tertiary/aromatic N) is 2. The van der Waals surface area contributed by atoms with Crippen molar-refractivity contribution in [1.82, 2.24) is 10.1 Å². The Morgan fingerprint density at radius 3 is 2.71 bits per heavy atom. The minimum atomic E-state index is -0.518. The van der Waals surface area contributed by atoms with Gasteiger partial charge in [-0.25, -0.2) is 4.98 Å². The van der Waals surface area contributed by atoms with E-state index in [-0.39, 0.29) is 5.91 Å². The molecule has 1 atom stereocenters. The monoisotopic (exact) mass is 359 g/mol. The fourth-order valence-electron chi connectivity index (χ4n) is 2.09. The second-order valence-electron chi connectivity index (χ2n) is 5.01. The van der Waals surface area contributed by atoms with Crippen molar-refractivity contribution in [2.24, 2.45) is 0 Å². The Balaban J connectivity index is 1.87. The van der Waals surface area contributed by atoms with Crippen molar-refractivity contribution in [2.45, 2.75) is 17.2 Å². The van der Waals surface area contributed by atoms with Gasteiger partial charge in [0.2, 0.25) is 5.91 Å². The van der Waals surface area contributed by atoms with Crippen molar-refractivity contribution in [1.29, 1.82) is 0 Å². The zero-order chi connectivity index (χ0) is 16.9. The van der Waals surface area contributed by atoms with Crippen LogP contribution in [-0.2, 0) is 4.79 Å². The first kappa shape index (κ1) is 16.5. The number of aryl methyl sites for hydroxylation is 1. The van der Waals surface area contributed by atoms with Crippen LogP contribution in [0.2, 0.25) is 5.02 Å². The van der Waals surface area contributed by atoms with Crippen LogP contribution < -0.4 is 5.32 Å². The van der Waals surface area contributed by atoms with E-state index >= 15 is 0 Å². The number of hydrogen-bond acceptors (Lipinski definition) is 5. The van der Waals surface area contributed by atoms with Crippen molar-refractivity contribution < 1.29 is 9.32 Å². The number of nitrogens with one attached hydrogen (secondary N) is 1. The standard InChI is InChI=1S/C17H14ClN3O2S/c1-11-10-14(21-23-11)20-16(22)15(12-6-3-2-4-7-12)24-17-13(18)8-5-9-19-17/h2-10,15H,1H3,(H,20,21,22)/t15-/m0/s1. The molecule has 0 saturated heterocycles. The Kier molecular flexibility index (Phi) is 5.17. The molecule has 3 aromatic rings. The number of anilines is 1. The van der Waals surface area contributed by atoms with Gasteiger partial charge in [0.05, 0.1) is 5.02 Å². The summed E-state index contributed by atoms with van der Waals surface area (Å²) in [5.74, 6) is 0.786. The van der Waals surface area contributed by atoms with Gasteiger partial charge < -0.3 is 9.84 Å². The number of carbonyl (C=O) groups excluding carboxylic acids is 1. The molecule has 5 nitrogen and oxygen atoms in total. The Labute approximate surface area is 148 Å². The zero-order valence-electron chi connectivity index (χ0n) is 12.8. The Bertz CT molecular complexity index is 839. The van der Waals surface area contributed by atoms with Crippen molar-refractivity contribution in [3.05, 3.63) is 71.1 Å². The quantitative estimate of drug-likeness (QED) is 0.679. The summed E-state index contributed by atoms with van der Waals surface area (Å²) in [7, 11) is 0. The van der Waals surface area contributed by atoms with Crippen LogP contribution in [0.5, 0.6) is 0 Å². The Morgan fingerprint density at radius 2 is 2.04 bits per heavy atom. The fourth-order valence-corrected chi connectivity index (χ4v) is 3.33. The molecule has 24 heavy (non-hydrogen) atoms. The highest BCUT2D eigenvalue weighted by molar-refractivity contribution is 8.00. The number of benzene rings is 1. The van der Waals surface area contributed by atoms with Gasteiger partial charge in [0, 0.05) is 12.3 Å². The second-order valence-corrected chi connectivity index (χ2v) is 6.51. The van der Waals surface area contributed by atoms with Crippen LogP contribution >= 0.6 is 23.4 Å². The highest BCUT2D eigenvalue weighted by Crippen LogP contribution is 2.38. The molecule has 1 aromatic carbocycles. The topological polar surface area (TPSA) is 68.0 Å². The number of amides is 1. The maximum absolute atomic E-state index is 12.8. The number of thioether (sulfide) groups is 1. The van der Waals surface area contributed by atoms with Crippen LogP contribution in [0.25, 0.3) is 0 Å². The van der Waals surface area contributed by atoms with E-state index in [4.69, 9.17) is 16.1 Å². The lowest BCUT2D eigenvalue weighted by atomic mass is 10.1. The number of rotatable bonds is 5. The maximum atomic E-state index is 12.8. The van der Waals surface area contributed by atoms with Crippen LogP contribution in [-0.4, -0.2) is 16.0 Å². The van der Waals surface area contributed by atoms with Gasteiger partial charge in [-0.2, -0.15) is 0 Å². The van der Waals surface area contributed by atoms with Crippen molar-refractivity contribution in [3.8, 4) is 0 Å². The molecular formula is C17H14ClN3O2S. The molecule has 2 heterocycles. The normalized spacial score (nSPS) is 11.9. The van der Waals surface area contributed by atoms with Gasteiger partial charge in [-0.15, -0.1) is 0 Å². The van der Waals surface area contributed by atoms with Crippen LogP contribution in [0.1, 0.15) is 16.6 Å². The lowest BCUT2D eigenvalue weighted by Gasteiger charge is -2.16. The first-order chi connectivity index (χ1) is 11.6. The van der Waals surface area contributed by atoms with E-state index in [2.05, 4.69) is 15.5 Å². The summed E-state index contributed by atoms with van der Waals surface area (Å²) in [6.45, 7) is 1.76. The summed E-state index contributed by atoms with van der Waals surface area (Å²) in [6.07, 6.45) is 1.65. The van der Waals surface area contributed by atoms with Gasteiger partial charge in [0.25, 0.3) is 0 Å². The molecule has 0 radical (unpaired) electrons. The maximum Gasteiger partial charge on any atom is 0.243 e. The van der Waals surface area contributed by atoms with E-state index in [9.17, 15) is 4.79 Å². The van der Waals surface area contributed by atoms with Crippen LogP contribution in [0.15, 0.2) is 64.3 Å². The number of halogens is 1. The lowest BCUT2D eigenvalue weighted by molar-refractivity contribution is -0.115. The van der Waals surface area contributed by atoms with Gasteiger partial charge in [-0.05, 0) is 24.6 Å². The summed E-state index contributed by atoms with van der Waals surface area (Å²) >= 11 is 7.47. The van der Waals surface area contributed by atoms with Gasteiger partial charge in [-0.1, -0.05) is 58.9 Å². The highest BCUT2D eigenvalue weighted by atomic mass is 35.5. The van der Waals surface area contributed by atoms with E-state index < -0.39 is 5.25 Å². The van der Waals surface area contributed by atoms with Crippen LogP contribution in [0, 0.1) is 6.92 Å². The van der Waals surface area contributed by atoms with Crippen molar-refractivity contribution in [2.75, 3.05) is 5.32 Å². The number of pyridine rings is 1. The Hall–Kier alpha value is -2.31. The molecule has 2 aromatic heterocycles. The van der Waals surface area contributed by atoms with E-state index in [0.29, 0.717) is 21.6 Å². The highest BCUT2D eigenvalue weighted by Gasteiger charge is 2.24. The fraction of sp³-hybridized carbons (Fsp3) is 0.118. The minimum absolute atomic E-state index is 0.221. The Morgan fingerprint density at radius 1 is 1.25 bits per heavy atom. The number of hydrogen-bond donors (Lipinski definition) is 1. The minimum Gasteiger partial charge on any atom is -0.360 e. The molecular weight excluding hydrogens is 346 g/mol. The van der Waals surface area contributed by atoms with Crippen LogP contribution in [0.3, 0.4) is 0 Å². The molecule has 0 aliphatic carbocycles. The van der Waals surface area contributed by atoms with Gasteiger partial charge in [0.1, 0.15) is 16.0 Å². The molecule has 0 saturated carbocycles. The van der Waals surface area contributed by atoms with E-state index in [1.165, 1.54) is 11.8 Å². The first-order valence-corrected chi connectivity index (χ1v) is 8.45. The van der Waals surface area contributed by atoms with E-state index in [1.807, 2.05) is 30.3 Å². The molecule has 122 valence electrons. The largest absolute Gasteiger partial charge is 0.360 e. The van der Waals surface area contributed by atoms with Crippen molar-refractivity contribution >= 4 is 35.1 Å². The molecule has 1 N–H and O–H groups in total. The van der Waals surface area contributed by atoms with Gasteiger partial charge in [0.15, 0.2) is 5.82 Å². The molecule has 3 rings (SSSR count). The van der Waals surface area contributed by atoms with Gasteiger partial charge >= 0.3 is 0 Å². The molecule has 1 amide bonds. The first-order valence-electron chi connectivity index (χ1n) is 7.20. The summed E-state index contributed by atoms with van der Waals surface area (Å²) in [6, 6.07) is 14.6. The molecule has 0 spiro atoms. The third kappa shape index (κ3) is 3.96. The van der Waals surface area contributed by atoms with E-state index in [1.54, 1.807) is 31.3 Å². The van der Waals surface area contributed by atoms with Crippen LogP contribution in [0.4, 0.5) is 5.82 Å². The third-order valence-corrected chi connectivity index (χ3v) is 4.86. The molecule has 0 bridgehead atoms.